The van der Waals surface area contributed by atoms with Gasteiger partial charge in [0.25, 0.3) is 11.1 Å². The summed E-state index contributed by atoms with van der Waals surface area (Å²) in [5.74, 6) is -1.08. The average molecular weight is 429 g/mol. The number of benzene rings is 2. The molecule has 8 heteroatoms. The fraction of sp³-hybridized carbons (Fsp3) is 0.227. The van der Waals surface area contributed by atoms with Crippen molar-refractivity contribution in [2.24, 2.45) is 0 Å². The highest BCUT2D eigenvalue weighted by Crippen LogP contribution is 2.34. The van der Waals surface area contributed by atoms with Gasteiger partial charge in [0.05, 0.1) is 11.0 Å². The molecule has 2 aromatic carbocycles. The first-order valence-electron chi connectivity index (χ1n) is 9.24. The maximum atomic E-state index is 13.3. The summed E-state index contributed by atoms with van der Waals surface area (Å²) in [6, 6.07) is 13.1. The molecule has 30 heavy (non-hydrogen) atoms. The van der Waals surface area contributed by atoms with Gasteiger partial charge in [-0.3, -0.25) is 19.3 Å². The van der Waals surface area contributed by atoms with Gasteiger partial charge in [-0.1, -0.05) is 30.3 Å². The van der Waals surface area contributed by atoms with Crippen molar-refractivity contribution in [1.82, 2.24) is 4.90 Å². The summed E-state index contributed by atoms with van der Waals surface area (Å²) >= 11 is 0.748. The number of hydrogen-bond acceptors (Lipinski definition) is 6. The van der Waals surface area contributed by atoms with Gasteiger partial charge in [-0.05, 0) is 55.4 Å². The number of ether oxygens (including phenoxy) is 2. The number of nitrogens with zero attached hydrogens (tertiary/aromatic N) is 1. The zero-order valence-electron chi connectivity index (χ0n) is 16.5. The smallest absolute Gasteiger partial charge is 0.326 e. The Bertz CT molecular complexity index is 1000. The number of halogens is 1. The van der Waals surface area contributed by atoms with Crippen LogP contribution in [-0.4, -0.2) is 34.7 Å². The average Bonchev–Trinajstić information content (AvgIpc) is 2.94. The van der Waals surface area contributed by atoms with E-state index in [1.54, 1.807) is 56.3 Å². The monoisotopic (exact) mass is 429 g/mol. The third-order valence-corrected chi connectivity index (χ3v) is 4.92. The first-order chi connectivity index (χ1) is 14.3. The molecule has 0 aliphatic carbocycles. The zero-order valence-corrected chi connectivity index (χ0v) is 17.3. The molecule has 0 spiro atoms. The Hall–Kier alpha value is -3.13. The lowest BCUT2D eigenvalue weighted by molar-refractivity contribution is -0.149. The second kappa shape index (κ2) is 9.58. The van der Waals surface area contributed by atoms with Crippen LogP contribution in [0.3, 0.4) is 0 Å². The molecule has 2 aromatic rings. The Morgan fingerprint density at radius 1 is 1.17 bits per heavy atom. The summed E-state index contributed by atoms with van der Waals surface area (Å²) < 4.78 is 24.1. The van der Waals surface area contributed by atoms with Crippen LogP contribution in [0.2, 0.25) is 0 Å². The third-order valence-electron chi connectivity index (χ3n) is 4.02. The van der Waals surface area contributed by atoms with Crippen molar-refractivity contribution < 1.29 is 28.2 Å². The molecule has 0 bridgehead atoms. The van der Waals surface area contributed by atoms with E-state index >= 15 is 0 Å². The molecule has 6 nitrogen and oxygen atoms in total. The molecule has 2 amide bonds. The van der Waals surface area contributed by atoms with E-state index in [0.29, 0.717) is 16.9 Å². The molecule has 3 rings (SSSR count). The number of para-hydroxylation sites is 1. The van der Waals surface area contributed by atoms with E-state index in [1.807, 2.05) is 0 Å². The quantitative estimate of drug-likeness (QED) is 0.480. The van der Waals surface area contributed by atoms with E-state index in [1.165, 1.54) is 12.1 Å². The highest BCUT2D eigenvalue weighted by molar-refractivity contribution is 8.18. The Labute approximate surface area is 177 Å². The lowest BCUT2D eigenvalue weighted by Gasteiger charge is -2.13. The van der Waals surface area contributed by atoms with E-state index in [2.05, 4.69) is 0 Å². The van der Waals surface area contributed by atoms with E-state index < -0.39 is 23.7 Å². The fourth-order valence-electron chi connectivity index (χ4n) is 2.73. The van der Waals surface area contributed by atoms with Gasteiger partial charge in [-0.15, -0.1) is 0 Å². The van der Waals surface area contributed by atoms with Gasteiger partial charge >= 0.3 is 5.97 Å². The molecule has 1 heterocycles. The van der Waals surface area contributed by atoms with Crippen molar-refractivity contribution in [1.29, 1.82) is 0 Å². The lowest BCUT2D eigenvalue weighted by Crippen LogP contribution is -2.35. The van der Waals surface area contributed by atoms with Crippen LogP contribution < -0.4 is 4.74 Å². The zero-order chi connectivity index (χ0) is 21.7. The summed E-state index contributed by atoms with van der Waals surface area (Å²) in [6.07, 6.45) is 1.20. The van der Waals surface area contributed by atoms with Gasteiger partial charge in [0.15, 0.2) is 0 Å². The molecule has 0 atom stereocenters. The molecule has 156 valence electrons. The molecule has 0 unspecified atom stereocenters. The number of carbonyl (C=O) groups excluding carboxylic acids is 3. The number of amides is 2. The predicted octanol–water partition coefficient (Wildman–Crippen LogP) is 4.39. The van der Waals surface area contributed by atoms with Crippen LogP contribution in [0.5, 0.6) is 5.75 Å². The van der Waals surface area contributed by atoms with E-state index in [9.17, 15) is 18.8 Å². The van der Waals surface area contributed by atoms with Crippen LogP contribution >= 0.6 is 11.8 Å². The minimum Gasteiger partial charge on any atom is -0.488 e. The number of esters is 1. The highest BCUT2D eigenvalue weighted by atomic mass is 32.2. The highest BCUT2D eigenvalue weighted by Gasteiger charge is 2.37. The molecule has 1 aliphatic rings. The summed E-state index contributed by atoms with van der Waals surface area (Å²) in [4.78, 5) is 37.6. The van der Waals surface area contributed by atoms with E-state index in [0.717, 1.165) is 16.7 Å². The first-order valence-corrected chi connectivity index (χ1v) is 10.1. The summed E-state index contributed by atoms with van der Waals surface area (Å²) in [5, 5.41) is -0.537. The van der Waals surface area contributed by atoms with Crippen LogP contribution in [-0.2, 0) is 20.9 Å². The molecular formula is C22H20FNO5S. The number of carbonyl (C=O) groups is 3. The summed E-state index contributed by atoms with van der Waals surface area (Å²) in [6.45, 7) is 3.09. The molecule has 0 saturated carbocycles. The predicted molar refractivity (Wildman–Crippen MR) is 111 cm³/mol. The molecule has 0 aromatic heterocycles. The van der Waals surface area contributed by atoms with Crippen LogP contribution in [0.25, 0.3) is 6.08 Å². The van der Waals surface area contributed by atoms with Crippen molar-refractivity contribution in [2.75, 3.05) is 6.54 Å². The molecule has 1 fully saturated rings. The van der Waals surface area contributed by atoms with Gasteiger partial charge in [-0.2, -0.15) is 0 Å². The lowest BCUT2D eigenvalue weighted by atomic mass is 10.1. The van der Waals surface area contributed by atoms with Crippen LogP contribution in [0, 0.1) is 5.82 Å². The fourth-order valence-corrected chi connectivity index (χ4v) is 3.56. The van der Waals surface area contributed by atoms with Crippen LogP contribution in [0.1, 0.15) is 25.0 Å². The van der Waals surface area contributed by atoms with Gasteiger partial charge in [-0.25, -0.2) is 4.39 Å². The first kappa shape index (κ1) is 21.6. The summed E-state index contributed by atoms with van der Waals surface area (Å²) in [7, 11) is 0. The van der Waals surface area contributed by atoms with Crippen molar-refractivity contribution in [3.05, 3.63) is 70.4 Å². The van der Waals surface area contributed by atoms with Gasteiger partial charge in [0, 0.05) is 5.56 Å². The topological polar surface area (TPSA) is 72.9 Å². The van der Waals surface area contributed by atoms with Crippen LogP contribution in [0.4, 0.5) is 9.18 Å². The van der Waals surface area contributed by atoms with Crippen LogP contribution in [0.15, 0.2) is 53.4 Å². The van der Waals surface area contributed by atoms with Crippen molar-refractivity contribution in [3.8, 4) is 5.75 Å². The molecule has 1 saturated heterocycles. The minimum atomic E-state index is -0.646. The maximum absolute atomic E-state index is 13.3. The molecule has 0 radical (unpaired) electrons. The second-order valence-corrected chi connectivity index (χ2v) is 7.76. The summed E-state index contributed by atoms with van der Waals surface area (Å²) in [5.41, 5.74) is 1.25. The number of thioether (sulfide) groups is 1. The SMILES string of the molecule is CC(C)OC(=O)CN1C(=O)S/C(=C/c2ccccc2OCc2cccc(F)c2)C1=O. The number of rotatable bonds is 7. The Balaban J connectivity index is 1.74. The normalized spacial score (nSPS) is 15.2. The third kappa shape index (κ3) is 5.48. The van der Waals surface area contributed by atoms with Gasteiger partial charge in [0.2, 0.25) is 0 Å². The molecular weight excluding hydrogens is 409 g/mol. The number of hydrogen-bond donors (Lipinski definition) is 0. The Morgan fingerprint density at radius 3 is 2.67 bits per heavy atom. The van der Waals surface area contributed by atoms with E-state index in [-0.39, 0.29) is 23.4 Å². The Morgan fingerprint density at radius 2 is 1.93 bits per heavy atom. The number of imide groups is 1. The molecule has 1 aliphatic heterocycles. The minimum absolute atomic E-state index is 0.144. The van der Waals surface area contributed by atoms with Crippen molar-refractivity contribution >= 4 is 35.0 Å². The standard InChI is InChI=1S/C22H20FNO5S/c1-14(2)29-20(25)12-24-21(26)19(30-22(24)27)11-16-7-3-4-9-18(16)28-13-15-6-5-8-17(23)10-15/h3-11,14H,12-13H2,1-2H3/b19-11+. The van der Waals surface area contributed by atoms with Crippen molar-refractivity contribution in [2.45, 2.75) is 26.6 Å². The largest absolute Gasteiger partial charge is 0.488 e. The Kier molecular flexibility index (Phi) is 6.89. The van der Waals surface area contributed by atoms with E-state index in [4.69, 9.17) is 9.47 Å². The van der Waals surface area contributed by atoms with Gasteiger partial charge in [0.1, 0.15) is 24.7 Å². The van der Waals surface area contributed by atoms with Crippen molar-refractivity contribution in [3.63, 3.8) is 0 Å². The maximum Gasteiger partial charge on any atom is 0.326 e. The van der Waals surface area contributed by atoms with Gasteiger partial charge < -0.3 is 9.47 Å². The second-order valence-electron chi connectivity index (χ2n) is 6.76. The molecule has 0 N–H and O–H groups in total.